The first-order chi connectivity index (χ1) is 13.9. The van der Waals surface area contributed by atoms with E-state index >= 15 is 0 Å². The highest BCUT2D eigenvalue weighted by Crippen LogP contribution is 2.48. The van der Waals surface area contributed by atoms with Gasteiger partial charge < -0.3 is 4.74 Å². The number of halogens is 1. The van der Waals surface area contributed by atoms with Crippen LogP contribution >= 0.6 is 23.4 Å². The lowest BCUT2D eigenvalue weighted by Crippen LogP contribution is -2.32. The lowest BCUT2D eigenvalue weighted by Gasteiger charge is -2.31. The van der Waals surface area contributed by atoms with Crippen LogP contribution in [-0.4, -0.2) is 28.3 Å². The van der Waals surface area contributed by atoms with E-state index in [1.165, 1.54) is 0 Å². The van der Waals surface area contributed by atoms with E-state index in [2.05, 4.69) is 5.10 Å². The molecule has 0 atom stereocenters. The molecule has 0 saturated carbocycles. The molecular weight excluding hydrogens is 410 g/mol. The third-order valence-electron chi connectivity index (χ3n) is 4.78. The maximum absolute atomic E-state index is 13.1. The summed E-state index contributed by atoms with van der Waals surface area (Å²) in [4.78, 5) is 29.1. The topological polar surface area (TPSA) is 64.4 Å². The van der Waals surface area contributed by atoms with Gasteiger partial charge in [-0.3, -0.25) is 14.4 Å². The third-order valence-corrected chi connectivity index (χ3v) is 6.14. The Labute approximate surface area is 177 Å². The summed E-state index contributed by atoms with van der Waals surface area (Å²) in [6.45, 7) is 3.13. The highest BCUT2D eigenvalue weighted by molar-refractivity contribution is 7.99. The molecule has 0 unspecified atom stereocenters. The van der Waals surface area contributed by atoms with Gasteiger partial charge in [0.25, 0.3) is 5.91 Å². The van der Waals surface area contributed by atoms with Gasteiger partial charge in [0, 0.05) is 27.6 Å². The number of carbonyl (C=O) groups excluding carboxylic acids is 2. The number of hydrogen-bond acceptors (Lipinski definition) is 5. The molecule has 0 radical (unpaired) electrons. The molecule has 2 aromatic carbocycles. The van der Waals surface area contributed by atoms with E-state index in [4.69, 9.17) is 16.3 Å². The van der Waals surface area contributed by atoms with E-state index < -0.39 is 12.6 Å². The normalized spacial score (nSPS) is 12.3. The minimum Gasteiger partial charge on any atom is -0.452 e. The quantitative estimate of drug-likeness (QED) is 0.568. The van der Waals surface area contributed by atoms with Crippen molar-refractivity contribution < 1.29 is 14.3 Å². The number of benzene rings is 2. The fourth-order valence-corrected chi connectivity index (χ4v) is 4.53. The molecule has 3 aromatic rings. The van der Waals surface area contributed by atoms with Crippen molar-refractivity contribution in [2.45, 2.75) is 23.6 Å². The Morgan fingerprint density at radius 2 is 1.83 bits per heavy atom. The van der Waals surface area contributed by atoms with E-state index in [9.17, 15) is 9.59 Å². The summed E-state index contributed by atoms with van der Waals surface area (Å²) < 4.78 is 6.97. The van der Waals surface area contributed by atoms with E-state index in [1.54, 1.807) is 54.4 Å². The number of fused-ring (bicyclic) bond motifs is 2. The first-order valence-electron chi connectivity index (χ1n) is 8.93. The number of nitrogens with zero attached hydrogens (tertiary/aromatic N) is 3. The molecule has 0 fully saturated rings. The molecule has 0 saturated heterocycles. The van der Waals surface area contributed by atoms with Crippen LogP contribution in [0.3, 0.4) is 0 Å². The minimum atomic E-state index is -0.563. The Bertz CT molecular complexity index is 1140. The van der Waals surface area contributed by atoms with Gasteiger partial charge in [0.05, 0.1) is 17.1 Å². The SMILES string of the molecule is Cc1nn(C)c(C)c1C(=O)OCC(=O)N1c2ccccc2Sc2ccc(Cl)cc21. The molecule has 0 bridgehead atoms. The van der Waals surface area contributed by atoms with Crippen LogP contribution in [0.5, 0.6) is 0 Å². The largest absolute Gasteiger partial charge is 0.452 e. The van der Waals surface area contributed by atoms with Crippen molar-refractivity contribution in [2.75, 3.05) is 11.5 Å². The van der Waals surface area contributed by atoms with Gasteiger partial charge in [-0.2, -0.15) is 5.10 Å². The van der Waals surface area contributed by atoms with Crippen LogP contribution in [0.1, 0.15) is 21.7 Å². The number of amides is 1. The number of carbonyl (C=O) groups is 2. The van der Waals surface area contributed by atoms with Crippen molar-refractivity contribution in [3.63, 3.8) is 0 Å². The molecule has 1 amide bonds. The molecule has 8 heteroatoms. The lowest BCUT2D eigenvalue weighted by molar-refractivity contribution is -0.121. The lowest BCUT2D eigenvalue weighted by atomic mass is 10.2. The number of ether oxygens (including phenoxy) is 1. The Morgan fingerprint density at radius 1 is 1.10 bits per heavy atom. The second-order valence-electron chi connectivity index (χ2n) is 6.66. The number of esters is 1. The maximum atomic E-state index is 13.1. The van der Waals surface area contributed by atoms with Gasteiger partial charge in [0.2, 0.25) is 0 Å². The summed E-state index contributed by atoms with van der Waals surface area (Å²) in [7, 11) is 1.76. The van der Waals surface area contributed by atoms with Crippen LogP contribution in [0.15, 0.2) is 52.3 Å². The average Bonchev–Trinajstić information content (AvgIpc) is 2.95. The first kappa shape index (κ1) is 19.5. The van der Waals surface area contributed by atoms with Gasteiger partial charge in [-0.25, -0.2) is 4.79 Å². The fraction of sp³-hybridized carbons (Fsp3) is 0.190. The Kier molecular flexibility index (Phi) is 5.10. The van der Waals surface area contributed by atoms with Crippen LogP contribution in [0.25, 0.3) is 0 Å². The standard InChI is InChI=1S/C21H18ClN3O3S/c1-12-20(13(2)24(3)23-12)21(27)28-11-19(26)25-15-6-4-5-7-17(15)29-18-9-8-14(22)10-16(18)25/h4-10H,11H2,1-3H3. The first-order valence-corrected chi connectivity index (χ1v) is 10.1. The molecular formula is C21H18ClN3O3S. The minimum absolute atomic E-state index is 0.353. The van der Waals surface area contributed by atoms with Crippen LogP contribution in [0.2, 0.25) is 5.02 Å². The highest BCUT2D eigenvalue weighted by atomic mass is 35.5. The summed E-state index contributed by atoms with van der Waals surface area (Å²) in [5.41, 5.74) is 3.06. The molecule has 6 nitrogen and oxygen atoms in total. The summed E-state index contributed by atoms with van der Waals surface area (Å²) in [6, 6.07) is 13.0. The number of hydrogen-bond donors (Lipinski definition) is 0. The fourth-order valence-electron chi connectivity index (χ4n) is 3.33. The zero-order valence-electron chi connectivity index (χ0n) is 16.1. The zero-order chi connectivity index (χ0) is 20.7. The number of aryl methyl sites for hydroxylation is 2. The molecule has 148 valence electrons. The summed E-state index contributed by atoms with van der Waals surface area (Å²) in [6.07, 6.45) is 0. The molecule has 0 spiro atoms. The van der Waals surface area contributed by atoms with Crippen molar-refractivity contribution in [2.24, 2.45) is 7.05 Å². The number of anilines is 2. The van der Waals surface area contributed by atoms with Crippen LogP contribution in [0, 0.1) is 13.8 Å². The summed E-state index contributed by atoms with van der Waals surface area (Å²) in [5.74, 6) is -0.916. The van der Waals surface area contributed by atoms with Crippen LogP contribution < -0.4 is 4.90 Å². The molecule has 1 aliphatic heterocycles. The second-order valence-corrected chi connectivity index (χ2v) is 8.18. The average molecular weight is 428 g/mol. The van der Waals surface area contributed by atoms with Gasteiger partial charge in [-0.15, -0.1) is 0 Å². The van der Waals surface area contributed by atoms with Gasteiger partial charge in [-0.1, -0.05) is 35.5 Å². The zero-order valence-corrected chi connectivity index (χ0v) is 17.7. The molecule has 29 heavy (non-hydrogen) atoms. The second kappa shape index (κ2) is 7.57. The van der Waals surface area contributed by atoms with Gasteiger partial charge in [0.1, 0.15) is 5.56 Å². The third kappa shape index (κ3) is 3.52. The van der Waals surface area contributed by atoms with Gasteiger partial charge in [-0.05, 0) is 44.2 Å². The predicted octanol–water partition coefficient (Wildman–Crippen LogP) is 4.68. The number of para-hydroxylation sites is 1. The van der Waals surface area contributed by atoms with E-state index in [0.717, 1.165) is 15.5 Å². The Hall–Kier alpha value is -2.77. The monoisotopic (exact) mass is 427 g/mol. The molecule has 2 heterocycles. The summed E-state index contributed by atoms with van der Waals surface area (Å²) in [5, 5.41) is 4.75. The Morgan fingerprint density at radius 3 is 2.55 bits per heavy atom. The number of rotatable bonds is 3. The molecule has 0 aliphatic carbocycles. The van der Waals surface area contributed by atoms with Gasteiger partial charge in [0.15, 0.2) is 6.61 Å². The van der Waals surface area contributed by atoms with E-state index in [1.807, 2.05) is 30.3 Å². The van der Waals surface area contributed by atoms with Gasteiger partial charge >= 0.3 is 5.97 Å². The molecule has 4 rings (SSSR count). The highest BCUT2D eigenvalue weighted by Gasteiger charge is 2.29. The van der Waals surface area contributed by atoms with Crippen molar-refractivity contribution >= 4 is 46.6 Å². The van der Waals surface area contributed by atoms with Crippen LogP contribution in [0.4, 0.5) is 11.4 Å². The van der Waals surface area contributed by atoms with Crippen molar-refractivity contribution in [3.8, 4) is 0 Å². The Balaban J connectivity index is 1.62. The molecule has 1 aromatic heterocycles. The smallest absolute Gasteiger partial charge is 0.342 e. The molecule has 1 aliphatic rings. The molecule has 0 N–H and O–H groups in total. The van der Waals surface area contributed by atoms with Crippen molar-refractivity contribution in [3.05, 3.63) is 64.4 Å². The maximum Gasteiger partial charge on any atom is 0.342 e. The van der Waals surface area contributed by atoms with E-state index in [0.29, 0.717) is 27.7 Å². The van der Waals surface area contributed by atoms with Crippen LogP contribution in [-0.2, 0) is 16.6 Å². The number of aromatic nitrogens is 2. The van der Waals surface area contributed by atoms with Crippen molar-refractivity contribution in [1.82, 2.24) is 9.78 Å². The summed E-state index contributed by atoms with van der Waals surface area (Å²) >= 11 is 7.75. The predicted molar refractivity (Wildman–Crippen MR) is 112 cm³/mol. The van der Waals surface area contributed by atoms with E-state index in [-0.39, 0.29) is 5.91 Å². The van der Waals surface area contributed by atoms with Crippen molar-refractivity contribution in [1.29, 1.82) is 0 Å².